The van der Waals surface area contributed by atoms with Gasteiger partial charge in [-0.2, -0.15) is 0 Å². The molecule has 0 spiro atoms. The molecule has 3 rings (SSSR count). The Balaban J connectivity index is 1.94. The van der Waals surface area contributed by atoms with Crippen molar-refractivity contribution in [3.8, 4) is 5.75 Å². The van der Waals surface area contributed by atoms with Gasteiger partial charge in [0.1, 0.15) is 5.75 Å². The van der Waals surface area contributed by atoms with Gasteiger partial charge in [0, 0.05) is 37.2 Å². The summed E-state index contributed by atoms with van der Waals surface area (Å²) >= 11 is 0. The fourth-order valence-electron chi connectivity index (χ4n) is 2.85. The second kappa shape index (κ2) is 9.08. The van der Waals surface area contributed by atoms with E-state index in [0.29, 0.717) is 0 Å². The van der Waals surface area contributed by atoms with Crippen molar-refractivity contribution in [3.63, 3.8) is 0 Å². The highest BCUT2D eigenvalue weighted by molar-refractivity contribution is 5.71. The van der Waals surface area contributed by atoms with Crippen LogP contribution in [-0.2, 0) is 0 Å². The molecule has 0 amide bonds. The normalized spacial score (nSPS) is 12.6. The minimum absolute atomic E-state index is 0.169. The second-order valence-corrected chi connectivity index (χ2v) is 6.61. The first-order valence-electron chi connectivity index (χ1n) is 9.39. The molecule has 3 aromatic rings. The minimum Gasteiger partial charge on any atom is -0.490 e. The molecule has 4 nitrogen and oxygen atoms in total. The van der Waals surface area contributed by atoms with Gasteiger partial charge >= 0.3 is 0 Å². The van der Waals surface area contributed by atoms with Crippen molar-refractivity contribution >= 4 is 11.4 Å². The molecule has 0 radical (unpaired) electrons. The van der Waals surface area contributed by atoms with Gasteiger partial charge in [0.25, 0.3) is 0 Å². The summed E-state index contributed by atoms with van der Waals surface area (Å²) in [5, 5.41) is 0. The number of anilines is 1. The Morgan fingerprint density at radius 2 is 1.89 bits per heavy atom. The Morgan fingerprint density at radius 3 is 2.59 bits per heavy atom. The SMILES string of the molecule is CCC(C)Oc1ccccc1/C(=C/CN(C)c1ccccc1)n1ccnc1. The Hall–Kier alpha value is -3.01. The number of nitrogens with zero attached hydrogens (tertiary/aromatic N) is 3. The number of hydrogen-bond donors (Lipinski definition) is 0. The number of imidazole rings is 1. The first-order chi connectivity index (χ1) is 13.2. The molecule has 4 heteroatoms. The lowest BCUT2D eigenvalue weighted by atomic mass is 10.1. The number of para-hydroxylation sites is 2. The van der Waals surface area contributed by atoms with E-state index in [-0.39, 0.29) is 6.10 Å². The lowest BCUT2D eigenvalue weighted by Gasteiger charge is -2.21. The molecule has 1 aromatic heterocycles. The summed E-state index contributed by atoms with van der Waals surface area (Å²) in [4.78, 5) is 6.45. The fraction of sp³-hybridized carbons (Fsp3) is 0.261. The third kappa shape index (κ3) is 4.79. The lowest BCUT2D eigenvalue weighted by molar-refractivity contribution is 0.217. The third-order valence-corrected chi connectivity index (χ3v) is 4.60. The highest BCUT2D eigenvalue weighted by Gasteiger charge is 2.13. The average molecular weight is 361 g/mol. The van der Waals surface area contributed by atoms with E-state index in [2.05, 4.69) is 67.2 Å². The van der Waals surface area contributed by atoms with Crippen LogP contribution in [0.4, 0.5) is 5.69 Å². The largest absolute Gasteiger partial charge is 0.490 e. The summed E-state index contributed by atoms with van der Waals surface area (Å²) in [6.45, 7) is 5.00. The van der Waals surface area contributed by atoms with Crippen molar-refractivity contribution in [2.24, 2.45) is 0 Å². The van der Waals surface area contributed by atoms with Crippen LogP contribution in [-0.4, -0.2) is 29.2 Å². The van der Waals surface area contributed by atoms with Gasteiger partial charge in [-0.05, 0) is 43.7 Å². The van der Waals surface area contributed by atoms with Gasteiger partial charge in [-0.3, -0.25) is 0 Å². The number of rotatable bonds is 8. The zero-order valence-electron chi connectivity index (χ0n) is 16.2. The van der Waals surface area contributed by atoms with E-state index >= 15 is 0 Å². The summed E-state index contributed by atoms with van der Waals surface area (Å²) in [5.41, 5.74) is 3.31. The van der Waals surface area contributed by atoms with E-state index in [9.17, 15) is 0 Å². The topological polar surface area (TPSA) is 30.3 Å². The van der Waals surface area contributed by atoms with Gasteiger partial charge in [-0.25, -0.2) is 4.98 Å². The Bertz CT molecular complexity index is 856. The number of hydrogen-bond acceptors (Lipinski definition) is 3. The van der Waals surface area contributed by atoms with Crippen molar-refractivity contribution < 1.29 is 4.74 Å². The number of aromatic nitrogens is 2. The second-order valence-electron chi connectivity index (χ2n) is 6.61. The fourth-order valence-corrected chi connectivity index (χ4v) is 2.85. The van der Waals surface area contributed by atoms with Crippen LogP contribution in [0, 0.1) is 0 Å². The van der Waals surface area contributed by atoms with Crippen LogP contribution in [0.5, 0.6) is 5.75 Å². The maximum Gasteiger partial charge on any atom is 0.129 e. The van der Waals surface area contributed by atoms with Crippen LogP contribution in [0.1, 0.15) is 25.8 Å². The van der Waals surface area contributed by atoms with Gasteiger partial charge in [0.2, 0.25) is 0 Å². The van der Waals surface area contributed by atoms with E-state index < -0.39 is 0 Å². The van der Waals surface area contributed by atoms with E-state index in [1.54, 1.807) is 6.20 Å². The monoisotopic (exact) mass is 361 g/mol. The highest BCUT2D eigenvalue weighted by atomic mass is 16.5. The number of benzene rings is 2. The van der Waals surface area contributed by atoms with Crippen molar-refractivity contribution in [3.05, 3.63) is 85.0 Å². The van der Waals surface area contributed by atoms with Crippen molar-refractivity contribution in [2.75, 3.05) is 18.5 Å². The molecule has 0 N–H and O–H groups in total. The van der Waals surface area contributed by atoms with Gasteiger partial charge in [-0.15, -0.1) is 0 Å². The first kappa shape index (κ1) is 18.8. The summed E-state index contributed by atoms with van der Waals surface area (Å²) in [5.74, 6) is 0.897. The molecular formula is C23H27N3O. The zero-order valence-corrected chi connectivity index (χ0v) is 16.2. The Kier molecular flexibility index (Phi) is 6.31. The van der Waals surface area contributed by atoms with E-state index in [1.807, 2.05) is 41.4 Å². The average Bonchev–Trinajstić information content (AvgIpc) is 3.24. The van der Waals surface area contributed by atoms with Gasteiger partial charge in [0.15, 0.2) is 0 Å². The van der Waals surface area contributed by atoms with Crippen molar-refractivity contribution in [1.82, 2.24) is 9.55 Å². The highest BCUT2D eigenvalue weighted by Crippen LogP contribution is 2.28. The summed E-state index contributed by atoms with van der Waals surface area (Å²) in [6, 6.07) is 18.6. The standard InChI is InChI=1S/C23H27N3O/c1-4-19(2)27-23-13-9-8-12-21(23)22(26-17-15-24-18-26)14-16-25(3)20-10-6-5-7-11-20/h5-15,17-19H,4,16H2,1-3H3/b22-14-. The maximum atomic E-state index is 6.18. The quantitative estimate of drug-likeness (QED) is 0.560. The van der Waals surface area contributed by atoms with Gasteiger partial charge in [-0.1, -0.05) is 37.3 Å². The van der Waals surface area contributed by atoms with E-state index in [0.717, 1.165) is 30.0 Å². The summed E-state index contributed by atoms with van der Waals surface area (Å²) in [6.07, 6.45) is 8.94. The van der Waals surface area contributed by atoms with E-state index in [4.69, 9.17) is 4.74 Å². The molecule has 0 saturated carbocycles. The molecule has 27 heavy (non-hydrogen) atoms. The molecule has 0 fully saturated rings. The number of likely N-dealkylation sites (N-methyl/N-ethyl adjacent to an activating group) is 1. The van der Waals surface area contributed by atoms with Crippen LogP contribution in [0.25, 0.3) is 5.70 Å². The molecule has 0 aliphatic rings. The Morgan fingerprint density at radius 1 is 1.15 bits per heavy atom. The molecule has 2 aromatic carbocycles. The first-order valence-corrected chi connectivity index (χ1v) is 9.39. The predicted molar refractivity (Wildman–Crippen MR) is 112 cm³/mol. The summed E-state index contributed by atoms with van der Waals surface area (Å²) in [7, 11) is 2.10. The molecule has 1 atom stereocenters. The van der Waals surface area contributed by atoms with E-state index in [1.165, 1.54) is 5.69 Å². The molecule has 0 bridgehead atoms. The lowest BCUT2D eigenvalue weighted by Crippen LogP contribution is -2.18. The van der Waals surface area contributed by atoms with Crippen molar-refractivity contribution in [1.29, 1.82) is 0 Å². The molecule has 0 saturated heterocycles. The summed E-state index contributed by atoms with van der Waals surface area (Å²) < 4.78 is 8.22. The van der Waals surface area contributed by atoms with Gasteiger partial charge < -0.3 is 14.2 Å². The third-order valence-electron chi connectivity index (χ3n) is 4.60. The smallest absolute Gasteiger partial charge is 0.129 e. The molecule has 0 aliphatic heterocycles. The van der Waals surface area contributed by atoms with Crippen LogP contribution < -0.4 is 9.64 Å². The van der Waals surface area contributed by atoms with Crippen molar-refractivity contribution in [2.45, 2.75) is 26.4 Å². The van der Waals surface area contributed by atoms with Crippen LogP contribution in [0.15, 0.2) is 79.4 Å². The predicted octanol–water partition coefficient (Wildman–Crippen LogP) is 5.09. The maximum absolute atomic E-state index is 6.18. The van der Waals surface area contributed by atoms with Crippen LogP contribution in [0.3, 0.4) is 0 Å². The molecule has 1 unspecified atom stereocenters. The zero-order chi connectivity index (χ0) is 19.1. The Labute approximate surface area is 161 Å². The molecular weight excluding hydrogens is 334 g/mol. The molecule has 0 aliphatic carbocycles. The van der Waals surface area contributed by atoms with Gasteiger partial charge in [0.05, 0.1) is 18.1 Å². The molecule has 1 heterocycles. The van der Waals surface area contributed by atoms with Crippen LogP contribution in [0.2, 0.25) is 0 Å². The minimum atomic E-state index is 0.169. The van der Waals surface area contributed by atoms with Crippen LogP contribution >= 0.6 is 0 Å². The number of ether oxygens (including phenoxy) is 1. The molecule has 140 valence electrons.